The van der Waals surface area contributed by atoms with E-state index in [2.05, 4.69) is 0 Å². The molecule has 7 nitrogen and oxygen atoms in total. The molecule has 0 N–H and O–H groups in total. The van der Waals surface area contributed by atoms with Gasteiger partial charge in [-0.05, 0) is 37.0 Å². The molecule has 2 aliphatic rings. The highest BCUT2D eigenvalue weighted by Gasteiger charge is 2.25. The zero-order valence-corrected chi connectivity index (χ0v) is 13.6. The number of hydroxylamine groups is 2. The van der Waals surface area contributed by atoms with Crippen molar-refractivity contribution in [3.8, 4) is 0 Å². The molecule has 0 unspecified atom stereocenters. The van der Waals surface area contributed by atoms with Crippen LogP contribution < -0.4 is 4.90 Å². The van der Waals surface area contributed by atoms with Gasteiger partial charge in [-0.2, -0.15) is 5.06 Å². The maximum Gasteiger partial charge on any atom is 0.332 e. The number of rotatable bonds is 6. The van der Waals surface area contributed by atoms with Gasteiger partial charge >= 0.3 is 5.97 Å². The Hall–Kier alpha value is -2.96. The summed E-state index contributed by atoms with van der Waals surface area (Å²) in [5.41, 5.74) is 1.51. The third-order valence-corrected chi connectivity index (χ3v) is 4.09. The van der Waals surface area contributed by atoms with Gasteiger partial charge in [-0.1, -0.05) is 12.1 Å². The molecule has 25 heavy (non-hydrogen) atoms. The molecule has 3 rings (SSSR count). The Morgan fingerprint density at radius 1 is 1.04 bits per heavy atom. The van der Waals surface area contributed by atoms with Crippen LogP contribution >= 0.6 is 0 Å². The molecule has 0 spiro atoms. The minimum atomic E-state index is -0.411. The molecule has 7 heteroatoms. The summed E-state index contributed by atoms with van der Waals surface area (Å²) >= 11 is 0. The van der Waals surface area contributed by atoms with Gasteiger partial charge in [-0.15, -0.1) is 0 Å². The van der Waals surface area contributed by atoms with Crippen LogP contribution in [0.1, 0.15) is 31.2 Å². The summed E-state index contributed by atoms with van der Waals surface area (Å²) in [6.07, 6.45) is 5.10. The van der Waals surface area contributed by atoms with Crippen LogP contribution in [0.25, 0.3) is 0 Å². The molecule has 0 aromatic heterocycles. The van der Waals surface area contributed by atoms with E-state index in [4.69, 9.17) is 4.84 Å². The molecular formula is C18H18N2O5. The van der Waals surface area contributed by atoms with Crippen LogP contribution in [0, 0.1) is 0 Å². The summed E-state index contributed by atoms with van der Waals surface area (Å²) in [7, 11) is 0. The molecule has 0 radical (unpaired) electrons. The van der Waals surface area contributed by atoms with E-state index in [1.807, 2.05) is 12.1 Å². The molecule has 2 aliphatic heterocycles. The number of amides is 3. The zero-order valence-electron chi connectivity index (χ0n) is 13.6. The third-order valence-electron chi connectivity index (χ3n) is 4.09. The van der Waals surface area contributed by atoms with Crippen LogP contribution in [-0.4, -0.2) is 35.3 Å². The first-order chi connectivity index (χ1) is 12.0. The molecule has 1 fully saturated rings. The van der Waals surface area contributed by atoms with E-state index in [0.717, 1.165) is 21.9 Å². The van der Waals surface area contributed by atoms with Gasteiger partial charge in [0, 0.05) is 25.0 Å². The van der Waals surface area contributed by atoms with E-state index < -0.39 is 5.97 Å². The van der Waals surface area contributed by atoms with Crippen molar-refractivity contribution in [3.63, 3.8) is 0 Å². The van der Waals surface area contributed by atoms with Crippen molar-refractivity contribution in [3.05, 3.63) is 42.0 Å². The second kappa shape index (κ2) is 7.29. The van der Waals surface area contributed by atoms with Gasteiger partial charge in [-0.3, -0.25) is 14.4 Å². The Labute approximate surface area is 144 Å². The highest BCUT2D eigenvalue weighted by Crippen LogP contribution is 2.20. The number of nitrogens with zero attached hydrogens (tertiary/aromatic N) is 2. The van der Waals surface area contributed by atoms with E-state index in [1.54, 1.807) is 12.1 Å². The van der Waals surface area contributed by atoms with Gasteiger partial charge < -0.3 is 4.84 Å². The molecule has 3 amide bonds. The van der Waals surface area contributed by atoms with Crippen LogP contribution in [0.15, 0.2) is 36.4 Å². The molecule has 0 bridgehead atoms. The third kappa shape index (κ3) is 3.93. The quantitative estimate of drug-likeness (QED) is 0.732. The number of carbonyl (C=O) groups excluding carboxylic acids is 4. The van der Waals surface area contributed by atoms with Gasteiger partial charge in [0.25, 0.3) is 17.7 Å². The number of carbonyl (C=O) groups is 4. The topological polar surface area (TPSA) is 84.0 Å². The fraction of sp³-hybridized carbons (Fsp3) is 0.333. The van der Waals surface area contributed by atoms with Gasteiger partial charge in [0.15, 0.2) is 0 Å². The van der Waals surface area contributed by atoms with E-state index >= 15 is 0 Å². The minimum absolute atomic E-state index is 0.149. The Morgan fingerprint density at radius 2 is 1.72 bits per heavy atom. The normalized spacial score (nSPS) is 16.9. The van der Waals surface area contributed by atoms with Crippen molar-refractivity contribution in [1.82, 2.24) is 5.06 Å². The fourth-order valence-corrected chi connectivity index (χ4v) is 2.79. The summed E-state index contributed by atoms with van der Waals surface area (Å²) in [4.78, 5) is 52.5. The van der Waals surface area contributed by atoms with Crippen molar-refractivity contribution >= 4 is 29.4 Å². The molecule has 1 saturated heterocycles. The predicted molar refractivity (Wildman–Crippen MR) is 88.1 cm³/mol. The second-order valence-corrected chi connectivity index (χ2v) is 5.93. The molecule has 1 aromatic carbocycles. The molecule has 0 aliphatic carbocycles. The molecule has 1 aromatic rings. The van der Waals surface area contributed by atoms with Crippen molar-refractivity contribution in [2.24, 2.45) is 0 Å². The van der Waals surface area contributed by atoms with Crippen molar-refractivity contribution in [2.75, 3.05) is 11.4 Å². The van der Waals surface area contributed by atoms with Gasteiger partial charge in [0.1, 0.15) is 0 Å². The predicted octanol–water partition coefficient (Wildman–Crippen LogP) is 1.52. The SMILES string of the molecule is O=C(CCCc1ccc(N2C(=O)C=CC2=O)cc1)ON1CCCC1=O. The van der Waals surface area contributed by atoms with Gasteiger partial charge in [-0.25, -0.2) is 9.69 Å². The van der Waals surface area contributed by atoms with E-state index in [0.29, 0.717) is 31.5 Å². The van der Waals surface area contributed by atoms with E-state index in [-0.39, 0.29) is 24.1 Å². The van der Waals surface area contributed by atoms with E-state index in [1.165, 1.54) is 12.2 Å². The first-order valence-electron chi connectivity index (χ1n) is 8.21. The van der Waals surface area contributed by atoms with Gasteiger partial charge in [0.2, 0.25) is 0 Å². The molecule has 130 valence electrons. The zero-order chi connectivity index (χ0) is 17.8. The molecule has 2 heterocycles. The second-order valence-electron chi connectivity index (χ2n) is 5.93. The highest BCUT2D eigenvalue weighted by atomic mass is 16.7. The number of benzene rings is 1. The van der Waals surface area contributed by atoms with Crippen LogP contribution in [0.5, 0.6) is 0 Å². The monoisotopic (exact) mass is 342 g/mol. The van der Waals surface area contributed by atoms with Crippen LogP contribution in [0.3, 0.4) is 0 Å². The number of hydrogen-bond donors (Lipinski definition) is 0. The summed E-state index contributed by atoms with van der Waals surface area (Å²) in [5, 5.41) is 1.13. The van der Waals surface area contributed by atoms with E-state index in [9.17, 15) is 19.2 Å². The lowest BCUT2D eigenvalue weighted by Crippen LogP contribution is -2.29. The fourth-order valence-electron chi connectivity index (χ4n) is 2.79. The molecule has 0 saturated carbocycles. The average Bonchev–Trinajstić information content (AvgIpc) is 3.14. The largest absolute Gasteiger partial charge is 0.338 e. The maximum absolute atomic E-state index is 11.7. The summed E-state index contributed by atoms with van der Waals surface area (Å²) < 4.78 is 0. The Bertz CT molecular complexity index is 720. The Kier molecular flexibility index (Phi) is 4.92. The molecular weight excluding hydrogens is 324 g/mol. The number of aryl methyl sites for hydroxylation is 1. The van der Waals surface area contributed by atoms with Crippen molar-refractivity contribution in [1.29, 1.82) is 0 Å². The average molecular weight is 342 g/mol. The first kappa shape index (κ1) is 16.9. The van der Waals surface area contributed by atoms with Crippen LogP contribution in [-0.2, 0) is 30.4 Å². The number of hydrogen-bond acceptors (Lipinski definition) is 5. The lowest BCUT2D eigenvalue weighted by atomic mass is 10.1. The highest BCUT2D eigenvalue weighted by molar-refractivity contribution is 6.28. The minimum Gasteiger partial charge on any atom is -0.338 e. The Morgan fingerprint density at radius 3 is 2.32 bits per heavy atom. The summed E-state index contributed by atoms with van der Waals surface area (Å²) in [6.45, 7) is 0.467. The number of anilines is 1. The number of imide groups is 1. The lowest BCUT2D eigenvalue weighted by Gasteiger charge is -2.15. The standard InChI is InChI=1S/C18H18N2O5/c21-15-4-2-12-19(15)25-18(24)5-1-3-13-6-8-14(9-7-13)20-16(22)10-11-17(20)23/h6-11H,1-5,12H2. The smallest absolute Gasteiger partial charge is 0.332 e. The lowest BCUT2D eigenvalue weighted by molar-refractivity contribution is -0.192. The molecule has 0 atom stereocenters. The van der Waals surface area contributed by atoms with Gasteiger partial charge in [0.05, 0.1) is 12.2 Å². The van der Waals surface area contributed by atoms with Crippen LogP contribution in [0.2, 0.25) is 0 Å². The first-order valence-corrected chi connectivity index (χ1v) is 8.21. The van der Waals surface area contributed by atoms with Crippen LogP contribution in [0.4, 0.5) is 5.69 Å². The van der Waals surface area contributed by atoms with Crippen molar-refractivity contribution in [2.45, 2.75) is 32.1 Å². The Balaban J connectivity index is 1.46. The summed E-state index contributed by atoms with van der Waals surface area (Å²) in [6, 6.07) is 7.06. The summed E-state index contributed by atoms with van der Waals surface area (Å²) in [5.74, 6) is -1.26. The van der Waals surface area contributed by atoms with Crippen molar-refractivity contribution < 1.29 is 24.0 Å². The maximum atomic E-state index is 11.7.